The smallest absolute Gasteiger partial charge is 0.326 e. The number of hydrogen-bond acceptors (Lipinski definition) is 7. The van der Waals surface area contributed by atoms with Gasteiger partial charge in [-0.3, -0.25) is 24.0 Å². The Morgan fingerprint density at radius 3 is 2.23 bits per heavy atom. The predicted octanol–water partition coefficient (Wildman–Crippen LogP) is -0.556. The van der Waals surface area contributed by atoms with Crippen molar-refractivity contribution in [3.63, 3.8) is 0 Å². The van der Waals surface area contributed by atoms with E-state index in [1.807, 2.05) is 0 Å². The third-order valence-corrected chi connectivity index (χ3v) is 4.75. The van der Waals surface area contributed by atoms with Crippen molar-refractivity contribution in [3.8, 4) is 0 Å². The SMILES string of the molecule is CC(C)[C@H]1NC(=O)[C@@H](C)NC(=O)[C@@H](C)NC(=O)C[C@H](/C=C/CCS)OC(=O)CNC1=O. The molecule has 4 N–H and O–H groups in total. The molecule has 4 atom stereocenters. The summed E-state index contributed by atoms with van der Waals surface area (Å²) in [5.74, 6) is -2.61. The largest absolute Gasteiger partial charge is 0.456 e. The molecule has 0 aromatic heterocycles. The molecule has 31 heavy (non-hydrogen) atoms. The minimum atomic E-state index is -0.935. The molecule has 1 aliphatic heterocycles. The first-order valence-electron chi connectivity index (χ1n) is 10.2. The van der Waals surface area contributed by atoms with E-state index in [1.54, 1.807) is 26.0 Å². The highest BCUT2D eigenvalue weighted by atomic mass is 32.1. The molecule has 0 bridgehead atoms. The van der Waals surface area contributed by atoms with Gasteiger partial charge in [-0.1, -0.05) is 19.9 Å². The van der Waals surface area contributed by atoms with Crippen LogP contribution in [0.1, 0.15) is 40.5 Å². The first kappa shape index (κ1) is 26.5. The third kappa shape index (κ3) is 9.41. The maximum Gasteiger partial charge on any atom is 0.326 e. The van der Waals surface area contributed by atoms with Gasteiger partial charge in [-0.25, -0.2) is 0 Å². The van der Waals surface area contributed by atoms with Crippen LogP contribution in [0.3, 0.4) is 0 Å². The molecule has 1 saturated heterocycles. The highest BCUT2D eigenvalue weighted by Gasteiger charge is 2.29. The van der Waals surface area contributed by atoms with E-state index in [0.29, 0.717) is 12.2 Å². The molecule has 0 aromatic carbocycles. The topological polar surface area (TPSA) is 143 Å². The number of esters is 1. The first-order chi connectivity index (χ1) is 14.5. The van der Waals surface area contributed by atoms with Crippen molar-refractivity contribution in [2.24, 2.45) is 5.92 Å². The number of cyclic esters (lactones) is 1. The summed E-state index contributed by atoms with van der Waals surface area (Å²) in [4.78, 5) is 61.8. The lowest BCUT2D eigenvalue weighted by Gasteiger charge is -2.25. The van der Waals surface area contributed by atoms with Crippen molar-refractivity contribution in [1.29, 1.82) is 0 Å². The number of thiol groups is 1. The summed E-state index contributed by atoms with van der Waals surface area (Å²) < 4.78 is 5.30. The summed E-state index contributed by atoms with van der Waals surface area (Å²) >= 11 is 4.10. The molecule has 1 heterocycles. The Hall–Kier alpha value is -2.56. The Kier molecular flexibility index (Phi) is 11.1. The van der Waals surface area contributed by atoms with Gasteiger partial charge in [0.1, 0.15) is 30.8 Å². The number of ether oxygens (including phenoxy) is 1. The number of hydrogen-bond donors (Lipinski definition) is 5. The maximum atomic E-state index is 12.5. The van der Waals surface area contributed by atoms with Gasteiger partial charge >= 0.3 is 5.97 Å². The van der Waals surface area contributed by atoms with Gasteiger partial charge in [0, 0.05) is 0 Å². The minimum Gasteiger partial charge on any atom is -0.456 e. The fourth-order valence-corrected chi connectivity index (χ4v) is 2.87. The van der Waals surface area contributed by atoms with Gasteiger partial charge in [-0.05, 0) is 38.0 Å². The molecule has 0 aliphatic carbocycles. The van der Waals surface area contributed by atoms with Crippen LogP contribution < -0.4 is 21.3 Å². The average molecular weight is 457 g/mol. The Balaban J connectivity index is 3.08. The number of rotatable bonds is 4. The fourth-order valence-electron chi connectivity index (χ4n) is 2.72. The number of amides is 4. The zero-order valence-corrected chi connectivity index (χ0v) is 19.2. The molecular formula is C20H32N4O6S. The van der Waals surface area contributed by atoms with E-state index in [4.69, 9.17) is 4.74 Å². The standard InChI is InChI=1S/C20H32N4O6S/c1-11(2)17-20(29)21-10-16(26)30-14(7-5-6-8-31)9-15(25)22-12(3)18(27)23-13(4)19(28)24-17/h5,7,11-14,17,31H,6,8-10H2,1-4H3,(H,21,29)(H,22,25)(H,23,27)(H,24,28)/b7-5+/t12-,13-,14+,17-/m1/s1. The van der Waals surface area contributed by atoms with Crippen LogP contribution in [-0.2, 0) is 28.7 Å². The quantitative estimate of drug-likeness (QED) is 0.218. The fraction of sp³-hybridized carbons (Fsp3) is 0.650. The Labute approximate surface area is 187 Å². The minimum absolute atomic E-state index is 0.203. The summed E-state index contributed by atoms with van der Waals surface area (Å²) in [6.45, 7) is 6.01. The number of carbonyl (C=O) groups is 5. The molecule has 0 saturated carbocycles. The molecule has 0 radical (unpaired) electrons. The number of allylic oxidation sites excluding steroid dienone is 1. The second-order valence-corrected chi connectivity index (χ2v) is 8.09. The molecule has 10 nitrogen and oxygen atoms in total. The Morgan fingerprint density at radius 1 is 1.00 bits per heavy atom. The van der Waals surface area contributed by atoms with E-state index in [1.165, 1.54) is 13.8 Å². The normalized spacial score (nSPS) is 27.4. The van der Waals surface area contributed by atoms with Crippen molar-refractivity contribution >= 4 is 42.2 Å². The number of carbonyl (C=O) groups excluding carboxylic acids is 5. The van der Waals surface area contributed by atoms with Crippen molar-refractivity contribution in [3.05, 3.63) is 12.2 Å². The molecule has 11 heteroatoms. The molecule has 1 aliphatic rings. The summed E-state index contributed by atoms with van der Waals surface area (Å²) in [7, 11) is 0. The van der Waals surface area contributed by atoms with Gasteiger partial charge < -0.3 is 26.0 Å². The van der Waals surface area contributed by atoms with Gasteiger partial charge in [-0.2, -0.15) is 12.6 Å². The van der Waals surface area contributed by atoms with Crippen molar-refractivity contribution in [2.75, 3.05) is 12.3 Å². The molecule has 0 spiro atoms. The highest BCUT2D eigenvalue weighted by Crippen LogP contribution is 2.06. The first-order valence-corrected chi connectivity index (χ1v) is 10.8. The van der Waals surface area contributed by atoms with Crippen LogP contribution in [0.4, 0.5) is 0 Å². The van der Waals surface area contributed by atoms with E-state index in [0.717, 1.165) is 0 Å². The van der Waals surface area contributed by atoms with Crippen molar-refractivity contribution in [1.82, 2.24) is 21.3 Å². The van der Waals surface area contributed by atoms with Gasteiger partial charge in [0.15, 0.2) is 0 Å². The molecule has 0 unspecified atom stereocenters. The Bertz CT molecular complexity index is 712. The van der Waals surface area contributed by atoms with Gasteiger partial charge in [0.25, 0.3) is 0 Å². The lowest BCUT2D eigenvalue weighted by Crippen LogP contribution is -2.57. The third-order valence-electron chi connectivity index (χ3n) is 4.49. The van der Waals surface area contributed by atoms with Gasteiger partial charge in [0.05, 0.1) is 6.42 Å². The van der Waals surface area contributed by atoms with Crippen LogP contribution in [0.2, 0.25) is 0 Å². The average Bonchev–Trinajstić information content (AvgIpc) is 2.68. The molecule has 4 amide bonds. The molecule has 0 aromatic rings. The van der Waals surface area contributed by atoms with E-state index in [9.17, 15) is 24.0 Å². The van der Waals surface area contributed by atoms with Gasteiger partial charge in [0.2, 0.25) is 23.6 Å². The van der Waals surface area contributed by atoms with E-state index in [2.05, 4.69) is 33.9 Å². The monoisotopic (exact) mass is 456 g/mol. The highest BCUT2D eigenvalue weighted by molar-refractivity contribution is 7.80. The molecular weight excluding hydrogens is 424 g/mol. The summed E-state index contributed by atoms with van der Waals surface area (Å²) in [6, 6.07) is -2.76. The summed E-state index contributed by atoms with van der Waals surface area (Å²) in [6.07, 6.45) is 2.85. The summed E-state index contributed by atoms with van der Waals surface area (Å²) in [5.41, 5.74) is 0. The van der Waals surface area contributed by atoms with Crippen LogP contribution in [0.15, 0.2) is 12.2 Å². The lowest BCUT2D eigenvalue weighted by atomic mass is 10.0. The number of nitrogens with one attached hydrogen (secondary N) is 4. The van der Waals surface area contributed by atoms with Crippen molar-refractivity contribution < 1.29 is 28.7 Å². The van der Waals surface area contributed by atoms with Gasteiger partial charge in [-0.15, -0.1) is 0 Å². The Morgan fingerprint density at radius 2 is 1.61 bits per heavy atom. The van der Waals surface area contributed by atoms with Crippen LogP contribution in [0, 0.1) is 5.92 Å². The molecule has 1 rings (SSSR count). The zero-order valence-electron chi connectivity index (χ0n) is 18.3. The van der Waals surface area contributed by atoms with Crippen LogP contribution in [-0.4, -0.2) is 66.1 Å². The molecule has 1 fully saturated rings. The van der Waals surface area contributed by atoms with Crippen LogP contribution in [0.5, 0.6) is 0 Å². The molecule has 174 valence electrons. The second kappa shape index (κ2) is 13.0. The van der Waals surface area contributed by atoms with Crippen LogP contribution in [0.25, 0.3) is 0 Å². The van der Waals surface area contributed by atoms with E-state index < -0.39 is 60.4 Å². The van der Waals surface area contributed by atoms with Crippen molar-refractivity contribution in [2.45, 2.75) is 64.8 Å². The summed E-state index contributed by atoms with van der Waals surface area (Å²) in [5, 5.41) is 10.1. The van der Waals surface area contributed by atoms with E-state index >= 15 is 0 Å². The zero-order chi connectivity index (χ0) is 23.6. The maximum absolute atomic E-state index is 12.5. The van der Waals surface area contributed by atoms with E-state index in [-0.39, 0.29) is 12.3 Å². The second-order valence-electron chi connectivity index (χ2n) is 7.64. The predicted molar refractivity (Wildman–Crippen MR) is 117 cm³/mol. The van der Waals surface area contributed by atoms with Crippen LogP contribution >= 0.6 is 12.6 Å². The lowest BCUT2D eigenvalue weighted by molar-refractivity contribution is -0.148.